The van der Waals surface area contributed by atoms with Gasteiger partial charge < -0.3 is 14.8 Å². The van der Waals surface area contributed by atoms with Gasteiger partial charge in [-0.2, -0.15) is 0 Å². The Bertz CT molecular complexity index is 1190. The van der Waals surface area contributed by atoms with E-state index < -0.39 is 5.97 Å². The largest absolute Gasteiger partial charge is 0.489 e. The molecule has 3 aromatic carbocycles. The Labute approximate surface area is 218 Å². The molecule has 6 heteroatoms. The van der Waals surface area contributed by atoms with Crippen molar-refractivity contribution in [1.29, 1.82) is 0 Å². The lowest BCUT2D eigenvalue weighted by Gasteiger charge is -2.20. The summed E-state index contributed by atoms with van der Waals surface area (Å²) in [5, 5.41) is 3.60. The number of rotatable bonds is 10. The summed E-state index contributed by atoms with van der Waals surface area (Å²) < 4.78 is 10.9. The molecule has 0 aliphatic heterocycles. The maximum Gasteiger partial charge on any atom is 0.331 e. The summed E-state index contributed by atoms with van der Waals surface area (Å²) in [6.45, 7) is 8.33. The van der Waals surface area contributed by atoms with Gasteiger partial charge in [-0.15, -0.1) is 0 Å². The van der Waals surface area contributed by atoms with Gasteiger partial charge in [0.25, 0.3) is 5.91 Å². The minimum atomic E-state index is -0.592. The number of nitrogens with one attached hydrogen (secondary N) is 1. The van der Waals surface area contributed by atoms with Gasteiger partial charge >= 0.3 is 5.97 Å². The third-order valence-corrected chi connectivity index (χ3v) is 6.00. The Balaban J connectivity index is 1.51. The molecule has 0 saturated carbocycles. The van der Waals surface area contributed by atoms with Crippen LogP contribution in [0.2, 0.25) is 5.02 Å². The first-order chi connectivity index (χ1) is 17.2. The van der Waals surface area contributed by atoms with E-state index in [0.717, 1.165) is 27.9 Å². The number of anilines is 1. The van der Waals surface area contributed by atoms with Crippen molar-refractivity contribution in [1.82, 2.24) is 0 Å². The van der Waals surface area contributed by atoms with Crippen LogP contribution in [0.25, 0.3) is 6.08 Å². The van der Waals surface area contributed by atoms with Crippen molar-refractivity contribution in [2.45, 2.75) is 46.1 Å². The van der Waals surface area contributed by atoms with Crippen LogP contribution >= 0.6 is 11.6 Å². The minimum absolute atomic E-state index is 0.248. The first kappa shape index (κ1) is 27.0. The summed E-state index contributed by atoms with van der Waals surface area (Å²) in [7, 11) is 0. The van der Waals surface area contributed by atoms with Crippen LogP contribution in [0.5, 0.6) is 5.75 Å². The summed E-state index contributed by atoms with van der Waals surface area (Å²) in [5.74, 6) is 0.223. The molecule has 36 heavy (non-hydrogen) atoms. The molecule has 0 aliphatic rings. The third kappa shape index (κ3) is 7.72. The molecule has 0 spiro atoms. The molecule has 0 fully saturated rings. The Morgan fingerprint density at radius 1 is 0.889 bits per heavy atom. The van der Waals surface area contributed by atoms with Gasteiger partial charge in [0.15, 0.2) is 6.61 Å². The van der Waals surface area contributed by atoms with Crippen LogP contribution in [-0.4, -0.2) is 18.5 Å². The summed E-state index contributed by atoms with van der Waals surface area (Å²) >= 11 is 6.15. The van der Waals surface area contributed by atoms with Gasteiger partial charge in [-0.3, -0.25) is 4.79 Å². The number of para-hydroxylation sites is 1. The Hall–Kier alpha value is -3.57. The Morgan fingerprint density at radius 2 is 1.53 bits per heavy atom. The van der Waals surface area contributed by atoms with E-state index >= 15 is 0 Å². The molecule has 1 N–H and O–H groups in total. The molecule has 0 aromatic heterocycles. The number of carbonyl (C=O) groups is 2. The lowest BCUT2D eigenvalue weighted by Crippen LogP contribution is -2.22. The molecule has 5 nitrogen and oxygen atoms in total. The highest BCUT2D eigenvalue weighted by Gasteiger charge is 2.16. The molecule has 0 saturated heterocycles. The van der Waals surface area contributed by atoms with Gasteiger partial charge in [0.05, 0.1) is 0 Å². The van der Waals surface area contributed by atoms with E-state index in [1.807, 2.05) is 66.7 Å². The van der Waals surface area contributed by atoms with Gasteiger partial charge in [0, 0.05) is 22.3 Å². The van der Waals surface area contributed by atoms with Crippen molar-refractivity contribution in [3.63, 3.8) is 0 Å². The number of carbonyl (C=O) groups excluding carboxylic acids is 2. The maximum atomic E-state index is 12.5. The van der Waals surface area contributed by atoms with Crippen LogP contribution in [0.15, 0.2) is 72.8 Å². The molecule has 3 aromatic rings. The lowest BCUT2D eigenvalue weighted by atomic mass is 9.92. The second kappa shape index (κ2) is 12.9. The van der Waals surface area contributed by atoms with Gasteiger partial charge in [0.1, 0.15) is 12.4 Å². The topological polar surface area (TPSA) is 64.6 Å². The SMILES string of the molecule is CC(C)c1cccc(C(C)C)c1NC(=O)COC(=O)/C=C/c1ccc(OCc2ccccc2Cl)cc1. The van der Waals surface area contributed by atoms with E-state index in [4.69, 9.17) is 21.1 Å². The predicted molar refractivity (Wildman–Crippen MR) is 145 cm³/mol. The highest BCUT2D eigenvalue weighted by atomic mass is 35.5. The van der Waals surface area contributed by atoms with Crippen molar-refractivity contribution in [2.24, 2.45) is 0 Å². The molecule has 0 bridgehead atoms. The number of esters is 1. The Kier molecular flexibility index (Phi) is 9.71. The monoisotopic (exact) mass is 505 g/mol. The normalized spacial score (nSPS) is 11.2. The van der Waals surface area contributed by atoms with E-state index in [-0.39, 0.29) is 24.3 Å². The first-order valence-electron chi connectivity index (χ1n) is 12.0. The molecule has 0 heterocycles. The Morgan fingerprint density at radius 3 is 2.14 bits per heavy atom. The van der Waals surface area contributed by atoms with Crippen LogP contribution in [0, 0.1) is 0 Å². The van der Waals surface area contributed by atoms with E-state index in [1.165, 1.54) is 6.08 Å². The maximum absolute atomic E-state index is 12.5. The molecule has 0 aliphatic carbocycles. The molecule has 188 valence electrons. The molecule has 0 radical (unpaired) electrons. The second-order valence-corrected chi connectivity index (χ2v) is 9.47. The van der Waals surface area contributed by atoms with Crippen LogP contribution in [0.3, 0.4) is 0 Å². The number of benzene rings is 3. The molecule has 3 rings (SSSR count). The summed E-state index contributed by atoms with van der Waals surface area (Å²) in [6, 6.07) is 20.8. The number of halogens is 1. The summed E-state index contributed by atoms with van der Waals surface area (Å²) in [6.07, 6.45) is 2.93. The highest BCUT2D eigenvalue weighted by molar-refractivity contribution is 6.31. The molecule has 0 unspecified atom stereocenters. The predicted octanol–water partition coefficient (Wildman–Crippen LogP) is 7.36. The zero-order valence-electron chi connectivity index (χ0n) is 21.1. The quantitative estimate of drug-likeness (QED) is 0.231. The van der Waals surface area contributed by atoms with Crippen molar-refractivity contribution in [2.75, 3.05) is 11.9 Å². The van der Waals surface area contributed by atoms with Crippen LogP contribution < -0.4 is 10.1 Å². The van der Waals surface area contributed by atoms with Crippen LogP contribution in [0.4, 0.5) is 5.69 Å². The fourth-order valence-corrected chi connectivity index (χ4v) is 3.86. The van der Waals surface area contributed by atoms with Crippen LogP contribution in [-0.2, 0) is 20.9 Å². The fraction of sp³-hybridized carbons (Fsp3) is 0.267. The van der Waals surface area contributed by atoms with E-state index in [9.17, 15) is 9.59 Å². The molecular weight excluding hydrogens is 474 g/mol. The fourth-order valence-electron chi connectivity index (χ4n) is 3.67. The van der Waals surface area contributed by atoms with Crippen molar-refractivity contribution < 1.29 is 19.1 Å². The minimum Gasteiger partial charge on any atom is -0.489 e. The number of hydrogen-bond acceptors (Lipinski definition) is 4. The second-order valence-electron chi connectivity index (χ2n) is 9.06. The zero-order valence-corrected chi connectivity index (χ0v) is 21.8. The van der Waals surface area contributed by atoms with Gasteiger partial charge in [0.2, 0.25) is 0 Å². The van der Waals surface area contributed by atoms with E-state index in [1.54, 1.807) is 6.08 Å². The highest BCUT2D eigenvalue weighted by Crippen LogP contribution is 2.32. The lowest BCUT2D eigenvalue weighted by molar-refractivity contribution is -0.142. The standard InChI is InChI=1S/C30H32ClNO4/c1-20(2)25-9-7-10-26(21(3)4)30(25)32-28(33)19-36-29(34)17-14-22-12-15-24(16-13-22)35-18-23-8-5-6-11-27(23)31/h5-17,20-21H,18-19H2,1-4H3,(H,32,33)/b17-14+. The van der Waals surface area contributed by atoms with Crippen molar-refractivity contribution in [3.8, 4) is 5.75 Å². The molecule has 0 atom stereocenters. The summed E-state index contributed by atoms with van der Waals surface area (Å²) in [4.78, 5) is 24.7. The van der Waals surface area contributed by atoms with Gasteiger partial charge in [-0.25, -0.2) is 4.79 Å². The number of amides is 1. The first-order valence-corrected chi connectivity index (χ1v) is 12.4. The third-order valence-electron chi connectivity index (χ3n) is 5.63. The average molecular weight is 506 g/mol. The van der Waals surface area contributed by atoms with Gasteiger partial charge in [-0.1, -0.05) is 87.8 Å². The summed E-state index contributed by atoms with van der Waals surface area (Å²) in [5.41, 5.74) is 4.62. The molecule has 1 amide bonds. The number of hydrogen-bond donors (Lipinski definition) is 1. The zero-order chi connectivity index (χ0) is 26.1. The van der Waals surface area contributed by atoms with Gasteiger partial charge in [-0.05, 0) is 52.8 Å². The smallest absolute Gasteiger partial charge is 0.331 e. The average Bonchev–Trinajstić information content (AvgIpc) is 2.86. The van der Waals surface area contributed by atoms with E-state index in [2.05, 4.69) is 33.0 Å². The van der Waals surface area contributed by atoms with Crippen molar-refractivity contribution in [3.05, 3.63) is 100 Å². The number of ether oxygens (including phenoxy) is 2. The molecular formula is C30H32ClNO4. The van der Waals surface area contributed by atoms with Crippen molar-refractivity contribution >= 4 is 35.2 Å². The van der Waals surface area contributed by atoms with E-state index in [0.29, 0.717) is 17.4 Å². The van der Waals surface area contributed by atoms with Crippen LogP contribution in [0.1, 0.15) is 61.8 Å².